The van der Waals surface area contributed by atoms with Gasteiger partial charge in [-0.05, 0) is 72.6 Å². The summed E-state index contributed by atoms with van der Waals surface area (Å²) < 4.78 is 11.0. The Bertz CT molecular complexity index is 754. The van der Waals surface area contributed by atoms with Crippen molar-refractivity contribution in [2.24, 2.45) is 0 Å². The first-order valence-corrected chi connectivity index (χ1v) is 9.93. The minimum atomic E-state index is -3.97. The summed E-state index contributed by atoms with van der Waals surface area (Å²) in [4.78, 5) is 18.1. The second-order valence-electron chi connectivity index (χ2n) is 6.34. The van der Waals surface area contributed by atoms with Crippen molar-refractivity contribution in [1.29, 1.82) is 0 Å². The van der Waals surface area contributed by atoms with Crippen LogP contribution in [0.1, 0.15) is 40.3 Å². The minimum absolute atomic E-state index is 0.122. The summed E-state index contributed by atoms with van der Waals surface area (Å²) in [6, 6.07) is 9.75. The fourth-order valence-corrected chi connectivity index (χ4v) is 3.57. The van der Waals surface area contributed by atoms with Gasteiger partial charge in [-0.1, -0.05) is 31.2 Å². The Balaban J connectivity index is 2.24. The van der Waals surface area contributed by atoms with Gasteiger partial charge in [0.2, 0.25) is 0 Å². The molecule has 24 heavy (non-hydrogen) atoms. The number of benzene rings is 2. The molecular formula is C19H25O4P. The maximum atomic E-state index is 11.0. The number of aryl methyl sites for hydroxylation is 4. The van der Waals surface area contributed by atoms with Gasteiger partial charge in [0.1, 0.15) is 5.75 Å². The highest BCUT2D eigenvalue weighted by atomic mass is 31.2. The molecule has 0 aliphatic rings. The fourth-order valence-electron chi connectivity index (χ4n) is 3.02. The van der Waals surface area contributed by atoms with Gasteiger partial charge in [0.25, 0.3) is 0 Å². The van der Waals surface area contributed by atoms with Crippen molar-refractivity contribution < 1.29 is 19.5 Å². The molecule has 0 aromatic heterocycles. The molecule has 0 aliphatic heterocycles. The fraction of sp³-hybridized carbons (Fsp3) is 0.368. The van der Waals surface area contributed by atoms with E-state index in [4.69, 9.17) is 9.79 Å². The molecule has 2 aromatic carbocycles. The molecule has 3 N–H and O–H groups in total. The van der Waals surface area contributed by atoms with E-state index in [0.29, 0.717) is 12.2 Å². The van der Waals surface area contributed by atoms with E-state index in [1.165, 1.54) is 5.56 Å². The molecule has 0 atom stereocenters. The Morgan fingerprint density at radius 2 is 1.62 bits per heavy atom. The molecule has 2 aromatic rings. The van der Waals surface area contributed by atoms with Gasteiger partial charge >= 0.3 is 7.60 Å². The van der Waals surface area contributed by atoms with Crippen LogP contribution in [-0.2, 0) is 23.8 Å². The smallest absolute Gasteiger partial charge is 0.325 e. The van der Waals surface area contributed by atoms with Crippen LogP contribution in [-0.4, -0.2) is 21.1 Å². The molecule has 0 heterocycles. The lowest BCUT2D eigenvalue weighted by Gasteiger charge is -2.14. The van der Waals surface area contributed by atoms with Crippen molar-refractivity contribution in [2.45, 2.75) is 40.0 Å². The number of phenolic OH excluding ortho intramolecular Hbond substituents is 1. The van der Waals surface area contributed by atoms with E-state index < -0.39 is 7.60 Å². The highest BCUT2D eigenvalue weighted by molar-refractivity contribution is 7.51. The number of rotatable bonds is 6. The van der Waals surface area contributed by atoms with E-state index in [1.807, 2.05) is 45.0 Å². The Kier molecular flexibility index (Phi) is 5.87. The molecule has 0 bridgehead atoms. The van der Waals surface area contributed by atoms with Crippen LogP contribution in [0.2, 0.25) is 0 Å². The number of aromatic hydroxyl groups is 1. The van der Waals surface area contributed by atoms with Crippen LogP contribution in [0.5, 0.6) is 5.75 Å². The standard InChI is InChI=1S/C19H25O4P/c1-4-17-11-15(5-6-19(17)20)12-18-13(2)9-16(10-14(18)3)7-8-24(21,22)23/h5-6,9-11,20H,4,7-8,12H2,1-3H3,(H2,21,22,23). The topological polar surface area (TPSA) is 77.8 Å². The second kappa shape index (κ2) is 7.52. The van der Waals surface area contributed by atoms with Crippen LogP contribution in [0.25, 0.3) is 0 Å². The normalized spacial score (nSPS) is 11.7. The Hall–Kier alpha value is -1.61. The Morgan fingerprint density at radius 1 is 1.00 bits per heavy atom. The molecule has 0 saturated carbocycles. The van der Waals surface area contributed by atoms with E-state index in [0.717, 1.165) is 40.7 Å². The van der Waals surface area contributed by atoms with E-state index in [2.05, 4.69) is 0 Å². The predicted octanol–water partition coefficient (Wildman–Crippen LogP) is 3.88. The van der Waals surface area contributed by atoms with Crippen molar-refractivity contribution in [2.75, 3.05) is 6.16 Å². The molecule has 0 aliphatic carbocycles. The van der Waals surface area contributed by atoms with Gasteiger partial charge in [0, 0.05) is 0 Å². The lowest BCUT2D eigenvalue weighted by Crippen LogP contribution is -2.01. The van der Waals surface area contributed by atoms with Gasteiger partial charge in [0.15, 0.2) is 0 Å². The monoisotopic (exact) mass is 348 g/mol. The number of phenols is 1. The van der Waals surface area contributed by atoms with Gasteiger partial charge in [0.05, 0.1) is 6.16 Å². The molecular weight excluding hydrogens is 323 g/mol. The highest BCUT2D eigenvalue weighted by Crippen LogP contribution is 2.35. The average molecular weight is 348 g/mol. The van der Waals surface area contributed by atoms with Gasteiger partial charge < -0.3 is 14.9 Å². The third-order valence-corrected chi connectivity index (χ3v) is 5.16. The largest absolute Gasteiger partial charge is 0.508 e. The van der Waals surface area contributed by atoms with Crippen LogP contribution in [0.4, 0.5) is 0 Å². The Morgan fingerprint density at radius 3 is 2.17 bits per heavy atom. The number of hydrogen-bond donors (Lipinski definition) is 3. The predicted molar refractivity (Wildman–Crippen MR) is 96.8 cm³/mol. The van der Waals surface area contributed by atoms with Gasteiger partial charge in [-0.15, -0.1) is 0 Å². The van der Waals surface area contributed by atoms with Crippen molar-refractivity contribution in [3.8, 4) is 5.75 Å². The van der Waals surface area contributed by atoms with Crippen molar-refractivity contribution >= 4 is 7.60 Å². The lowest BCUT2D eigenvalue weighted by molar-refractivity contribution is 0.373. The molecule has 0 fully saturated rings. The first-order valence-electron chi connectivity index (χ1n) is 8.14. The van der Waals surface area contributed by atoms with Crippen LogP contribution < -0.4 is 0 Å². The average Bonchev–Trinajstić information content (AvgIpc) is 2.49. The van der Waals surface area contributed by atoms with E-state index in [1.54, 1.807) is 6.07 Å². The maximum absolute atomic E-state index is 11.0. The van der Waals surface area contributed by atoms with E-state index in [-0.39, 0.29) is 6.16 Å². The molecule has 4 nitrogen and oxygen atoms in total. The molecule has 0 radical (unpaired) electrons. The Labute approximate surface area is 143 Å². The minimum Gasteiger partial charge on any atom is -0.508 e. The zero-order valence-corrected chi connectivity index (χ0v) is 15.3. The van der Waals surface area contributed by atoms with E-state index >= 15 is 0 Å². The van der Waals surface area contributed by atoms with Gasteiger partial charge in [-0.25, -0.2) is 0 Å². The van der Waals surface area contributed by atoms with Crippen molar-refractivity contribution in [3.05, 3.63) is 63.7 Å². The second-order valence-corrected chi connectivity index (χ2v) is 8.12. The maximum Gasteiger partial charge on any atom is 0.325 e. The third-order valence-electron chi connectivity index (χ3n) is 4.35. The highest BCUT2D eigenvalue weighted by Gasteiger charge is 2.14. The molecule has 0 unspecified atom stereocenters. The third kappa shape index (κ3) is 4.94. The van der Waals surface area contributed by atoms with Crippen molar-refractivity contribution in [1.82, 2.24) is 0 Å². The summed E-state index contributed by atoms with van der Waals surface area (Å²) in [7, 11) is -3.97. The van der Waals surface area contributed by atoms with Crippen LogP contribution >= 0.6 is 7.60 Å². The zero-order valence-electron chi connectivity index (χ0n) is 14.4. The van der Waals surface area contributed by atoms with Crippen LogP contribution in [0.15, 0.2) is 30.3 Å². The summed E-state index contributed by atoms with van der Waals surface area (Å²) in [6.45, 7) is 6.08. The molecule has 5 heteroatoms. The summed E-state index contributed by atoms with van der Waals surface area (Å²) in [5.74, 6) is 0.336. The quantitative estimate of drug-likeness (QED) is 0.692. The first-order chi connectivity index (χ1) is 11.2. The van der Waals surface area contributed by atoms with Gasteiger partial charge in [-0.3, -0.25) is 4.57 Å². The first kappa shape index (κ1) is 18.7. The molecule has 0 saturated heterocycles. The van der Waals surface area contributed by atoms with Crippen LogP contribution in [0.3, 0.4) is 0 Å². The number of hydrogen-bond acceptors (Lipinski definition) is 2. The van der Waals surface area contributed by atoms with Crippen molar-refractivity contribution in [3.63, 3.8) is 0 Å². The summed E-state index contributed by atoms with van der Waals surface area (Å²) in [5.41, 5.74) is 6.53. The summed E-state index contributed by atoms with van der Waals surface area (Å²) in [5, 5.41) is 9.81. The molecule has 0 amide bonds. The molecule has 2 rings (SSSR count). The molecule has 130 valence electrons. The summed E-state index contributed by atoms with van der Waals surface area (Å²) >= 11 is 0. The van der Waals surface area contributed by atoms with Gasteiger partial charge in [-0.2, -0.15) is 0 Å². The van der Waals surface area contributed by atoms with Crippen LogP contribution in [0, 0.1) is 13.8 Å². The summed E-state index contributed by atoms with van der Waals surface area (Å²) in [6.07, 6.45) is 1.83. The molecule has 0 spiro atoms. The lowest BCUT2D eigenvalue weighted by atomic mass is 9.92. The van der Waals surface area contributed by atoms with E-state index in [9.17, 15) is 9.67 Å². The zero-order chi connectivity index (χ0) is 17.9. The SMILES string of the molecule is CCc1cc(Cc2c(C)cc(CCP(=O)(O)O)cc2C)ccc1O.